The van der Waals surface area contributed by atoms with Crippen molar-refractivity contribution in [1.29, 1.82) is 0 Å². The summed E-state index contributed by atoms with van der Waals surface area (Å²) in [4.78, 5) is 27.8. The SMILES string of the molecule is C[C@@H](C(=O)NC1CCCC1)N(Cc1ccccc1Cl)C(=O)CN(c1ccc(Cl)c(C(F)(F)F)c1)S(C)(=O)=O. The maximum atomic E-state index is 13.6. The number of nitrogens with zero attached hydrogens (tertiary/aromatic N) is 2. The number of carbonyl (C=O) groups is 2. The topological polar surface area (TPSA) is 86.8 Å². The number of halogens is 5. The molecule has 0 unspecified atom stereocenters. The average Bonchev–Trinajstić information content (AvgIpc) is 3.33. The van der Waals surface area contributed by atoms with Crippen LogP contribution in [0.2, 0.25) is 10.0 Å². The van der Waals surface area contributed by atoms with Gasteiger partial charge < -0.3 is 10.2 Å². The van der Waals surface area contributed by atoms with Crippen molar-refractivity contribution in [2.45, 2.75) is 57.4 Å². The summed E-state index contributed by atoms with van der Waals surface area (Å²) in [6, 6.07) is 8.20. The Morgan fingerprint density at radius 3 is 2.29 bits per heavy atom. The largest absolute Gasteiger partial charge is 0.417 e. The highest BCUT2D eigenvalue weighted by Gasteiger charge is 2.36. The minimum atomic E-state index is -4.84. The van der Waals surface area contributed by atoms with Gasteiger partial charge in [-0.05, 0) is 49.6 Å². The van der Waals surface area contributed by atoms with Crippen LogP contribution in [0.4, 0.5) is 18.9 Å². The molecule has 38 heavy (non-hydrogen) atoms. The number of amides is 2. The van der Waals surface area contributed by atoms with Crippen LogP contribution in [0.25, 0.3) is 0 Å². The van der Waals surface area contributed by atoms with Gasteiger partial charge in [-0.3, -0.25) is 13.9 Å². The standard InChI is InChI=1S/C25H28Cl2F3N3O4S/c1-16(24(35)31-18-8-4-5-9-18)32(14-17-7-3-6-10-21(17)26)23(34)15-33(38(2,36)37)19-11-12-22(27)20(13-19)25(28,29)30/h3,6-7,10-13,16,18H,4-5,8-9,14-15H2,1-2H3,(H,31,35)/t16-/m0/s1. The summed E-state index contributed by atoms with van der Waals surface area (Å²) >= 11 is 12.0. The van der Waals surface area contributed by atoms with Gasteiger partial charge in [-0.1, -0.05) is 54.2 Å². The zero-order chi connectivity index (χ0) is 28.3. The van der Waals surface area contributed by atoms with E-state index in [2.05, 4.69) is 5.32 Å². The minimum absolute atomic E-state index is 0.0235. The van der Waals surface area contributed by atoms with E-state index in [4.69, 9.17) is 23.2 Å². The Bertz CT molecular complexity index is 1280. The molecule has 2 amide bonds. The molecular weight excluding hydrogens is 566 g/mol. The fraction of sp³-hybridized carbons (Fsp3) is 0.440. The van der Waals surface area contributed by atoms with Gasteiger partial charge in [0.1, 0.15) is 12.6 Å². The maximum Gasteiger partial charge on any atom is 0.417 e. The molecule has 0 aliphatic heterocycles. The fourth-order valence-corrected chi connectivity index (χ4v) is 5.55. The average molecular weight is 594 g/mol. The van der Waals surface area contributed by atoms with Gasteiger partial charge in [0, 0.05) is 17.6 Å². The molecule has 0 radical (unpaired) electrons. The zero-order valence-electron chi connectivity index (χ0n) is 20.8. The lowest BCUT2D eigenvalue weighted by Gasteiger charge is -2.32. The van der Waals surface area contributed by atoms with Crippen molar-refractivity contribution in [3.05, 3.63) is 63.6 Å². The van der Waals surface area contributed by atoms with Gasteiger partial charge in [0.25, 0.3) is 0 Å². The zero-order valence-corrected chi connectivity index (χ0v) is 23.1. The van der Waals surface area contributed by atoms with Gasteiger partial charge in [-0.15, -0.1) is 0 Å². The van der Waals surface area contributed by atoms with E-state index < -0.39 is 56.9 Å². The van der Waals surface area contributed by atoms with Crippen molar-refractivity contribution in [1.82, 2.24) is 10.2 Å². The first-order valence-corrected chi connectivity index (χ1v) is 14.5. The fourth-order valence-electron chi connectivity index (χ4n) is 4.28. The number of nitrogens with one attached hydrogen (secondary N) is 1. The second-order valence-corrected chi connectivity index (χ2v) is 11.9. The molecule has 13 heteroatoms. The molecule has 2 aromatic carbocycles. The summed E-state index contributed by atoms with van der Waals surface area (Å²) in [5.41, 5.74) is -1.12. The number of rotatable bonds is 9. The van der Waals surface area contributed by atoms with Gasteiger partial charge in [-0.25, -0.2) is 8.42 Å². The molecule has 1 atom stereocenters. The first kappa shape index (κ1) is 30.0. The monoisotopic (exact) mass is 593 g/mol. The van der Waals surface area contributed by atoms with Gasteiger partial charge in [0.15, 0.2) is 0 Å². The molecule has 3 rings (SSSR count). The van der Waals surface area contributed by atoms with E-state index in [1.807, 2.05) is 0 Å². The first-order chi connectivity index (χ1) is 17.7. The van der Waals surface area contributed by atoms with Gasteiger partial charge in [0.2, 0.25) is 21.8 Å². The summed E-state index contributed by atoms with van der Waals surface area (Å²) in [5, 5.41) is 2.64. The molecule has 1 N–H and O–H groups in total. The molecular formula is C25H28Cl2F3N3O4S. The lowest BCUT2D eigenvalue weighted by atomic mass is 10.1. The second kappa shape index (κ2) is 12.1. The van der Waals surface area contributed by atoms with Crippen LogP contribution in [0.3, 0.4) is 0 Å². The third-order valence-corrected chi connectivity index (χ3v) is 8.23. The molecule has 0 bridgehead atoms. The molecule has 7 nitrogen and oxygen atoms in total. The van der Waals surface area contributed by atoms with Crippen molar-refractivity contribution in [2.75, 3.05) is 17.1 Å². The predicted octanol–water partition coefficient (Wildman–Crippen LogP) is 5.25. The van der Waals surface area contributed by atoms with E-state index in [1.54, 1.807) is 24.3 Å². The molecule has 208 valence electrons. The third kappa shape index (κ3) is 7.54. The van der Waals surface area contributed by atoms with E-state index in [0.717, 1.165) is 44.1 Å². The number of carbonyl (C=O) groups excluding carboxylic acids is 2. The van der Waals surface area contributed by atoms with E-state index in [0.29, 0.717) is 21.0 Å². The Kier molecular flexibility index (Phi) is 9.59. The van der Waals surface area contributed by atoms with Crippen LogP contribution in [-0.2, 0) is 32.3 Å². The summed E-state index contributed by atoms with van der Waals surface area (Å²) in [5.74, 6) is -1.22. The molecule has 1 aliphatic rings. The highest BCUT2D eigenvalue weighted by molar-refractivity contribution is 7.92. The second-order valence-electron chi connectivity index (χ2n) is 9.21. The molecule has 1 saturated carbocycles. The maximum absolute atomic E-state index is 13.6. The van der Waals surface area contributed by atoms with Crippen LogP contribution in [0.5, 0.6) is 0 Å². The van der Waals surface area contributed by atoms with Crippen molar-refractivity contribution in [2.24, 2.45) is 0 Å². The minimum Gasteiger partial charge on any atom is -0.352 e. The predicted molar refractivity (Wildman–Crippen MR) is 141 cm³/mol. The molecule has 0 spiro atoms. The third-order valence-electron chi connectivity index (χ3n) is 6.39. The Morgan fingerprint density at radius 1 is 1.08 bits per heavy atom. The van der Waals surface area contributed by atoms with Crippen LogP contribution in [0, 0.1) is 0 Å². The molecule has 0 heterocycles. The molecule has 0 saturated heterocycles. The van der Waals surface area contributed by atoms with Crippen molar-refractivity contribution < 1.29 is 31.2 Å². The van der Waals surface area contributed by atoms with Crippen LogP contribution in [0.15, 0.2) is 42.5 Å². The number of hydrogen-bond acceptors (Lipinski definition) is 4. The number of hydrogen-bond donors (Lipinski definition) is 1. The summed E-state index contributed by atoms with van der Waals surface area (Å²) in [6.07, 6.45) is -0.481. The Morgan fingerprint density at radius 2 is 1.71 bits per heavy atom. The quantitative estimate of drug-likeness (QED) is 0.430. The lowest BCUT2D eigenvalue weighted by molar-refractivity contribution is -0.139. The number of alkyl halides is 3. The molecule has 1 aliphatic carbocycles. The van der Waals surface area contributed by atoms with Crippen molar-refractivity contribution in [3.63, 3.8) is 0 Å². The van der Waals surface area contributed by atoms with E-state index in [-0.39, 0.29) is 12.6 Å². The van der Waals surface area contributed by atoms with Gasteiger partial charge in [0.05, 0.1) is 22.5 Å². The molecule has 2 aromatic rings. The molecule has 0 aromatic heterocycles. The highest BCUT2D eigenvalue weighted by Crippen LogP contribution is 2.37. The highest BCUT2D eigenvalue weighted by atomic mass is 35.5. The number of benzene rings is 2. The number of anilines is 1. The summed E-state index contributed by atoms with van der Waals surface area (Å²) in [6.45, 7) is 0.543. The van der Waals surface area contributed by atoms with E-state index in [9.17, 15) is 31.2 Å². The lowest BCUT2D eigenvalue weighted by Crippen LogP contribution is -2.52. The van der Waals surface area contributed by atoms with Gasteiger partial charge >= 0.3 is 6.18 Å². The first-order valence-electron chi connectivity index (χ1n) is 11.9. The van der Waals surface area contributed by atoms with Gasteiger partial charge in [-0.2, -0.15) is 13.2 Å². The van der Waals surface area contributed by atoms with Crippen LogP contribution < -0.4 is 9.62 Å². The van der Waals surface area contributed by atoms with E-state index in [1.165, 1.54) is 11.8 Å². The van der Waals surface area contributed by atoms with Crippen molar-refractivity contribution in [3.8, 4) is 0 Å². The van der Waals surface area contributed by atoms with E-state index >= 15 is 0 Å². The number of sulfonamides is 1. The van der Waals surface area contributed by atoms with Crippen LogP contribution in [0.1, 0.15) is 43.7 Å². The van der Waals surface area contributed by atoms with Crippen molar-refractivity contribution >= 4 is 50.7 Å². The Hall–Kier alpha value is -2.50. The smallest absolute Gasteiger partial charge is 0.352 e. The van der Waals surface area contributed by atoms with Crippen LogP contribution in [-0.4, -0.2) is 50.0 Å². The summed E-state index contributed by atoms with van der Waals surface area (Å²) < 4.78 is 66.1. The Balaban J connectivity index is 1.95. The Labute approximate surface area is 229 Å². The molecule has 1 fully saturated rings. The normalized spacial score (nSPS) is 15.2. The van der Waals surface area contributed by atoms with Crippen LogP contribution >= 0.6 is 23.2 Å². The summed E-state index contributed by atoms with van der Waals surface area (Å²) in [7, 11) is -4.22.